The van der Waals surface area contributed by atoms with Crippen molar-refractivity contribution in [2.24, 2.45) is 5.92 Å². The van der Waals surface area contributed by atoms with Gasteiger partial charge >= 0.3 is 0 Å². The topological polar surface area (TPSA) is 49.3 Å². The summed E-state index contributed by atoms with van der Waals surface area (Å²) in [7, 11) is 0. The van der Waals surface area contributed by atoms with Crippen LogP contribution in [0.3, 0.4) is 0 Å². The average molecular weight is 401 g/mol. The summed E-state index contributed by atoms with van der Waals surface area (Å²) in [5, 5.41) is 16.1. The van der Waals surface area contributed by atoms with Gasteiger partial charge in [-0.2, -0.15) is 0 Å². The molecule has 1 saturated carbocycles. The van der Waals surface area contributed by atoms with Gasteiger partial charge in [-0.1, -0.05) is 33.6 Å². The van der Waals surface area contributed by atoms with Gasteiger partial charge in [-0.05, 0) is 48.4 Å². The fraction of sp³-hybridized carbons (Fsp3) is 0.312. The molecule has 3 rings (SSSR count). The fourth-order valence-corrected chi connectivity index (χ4v) is 3.97. The van der Waals surface area contributed by atoms with E-state index in [0.717, 1.165) is 22.2 Å². The highest BCUT2D eigenvalue weighted by Crippen LogP contribution is 2.46. The van der Waals surface area contributed by atoms with Crippen molar-refractivity contribution >= 4 is 44.8 Å². The molecule has 1 aromatic heterocycles. The number of benzene rings is 1. The molecule has 1 aliphatic rings. The lowest BCUT2D eigenvalue weighted by molar-refractivity contribution is 0.0169. The average Bonchev–Trinajstić information content (AvgIpc) is 3.22. The van der Waals surface area contributed by atoms with E-state index in [9.17, 15) is 9.90 Å². The van der Waals surface area contributed by atoms with Gasteiger partial charge in [-0.3, -0.25) is 4.79 Å². The second kappa shape index (κ2) is 6.32. The zero-order valence-electron chi connectivity index (χ0n) is 11.7. The van der Waals surface area contributed by atoms with Crippen LogP contribution < -0.4 is 5.32 Å². The van der Waals surface area contributed by atoms with Crippen LogP contribution >= 0.6 is 38.9 Å². The number of halogens is 2. The predicted molar refractivity (Wildman–Crippen MR) is 92.4 cm³/mol. The van der Waals surface area contributed by atoms with Crippen molar-refractivity contribution in [3.8, 4) is 0 Å². The summed E-state index contributed by atoms with van der Waals surface area (Å²) in [4.78, 5) is 13.3. The highest BCUT2D eigenvalue weighted by atomic mass is 79.9. The summed E-state index contributed by atoms with van der Waals surface area (Å²) in [6.45, 7) is 0.194. The Hall–Kier alpha value is -0.880. The van der Waals surface area contributed by atoms with Crippen LogP contribution in [-0.4, -0.2) is 17.6 Å². The maximum atomic E-state index is 12.4. The van der Waals surface area contributed by atoms with Crippen molar-refractivity contribution in [2.45, 2.75) is 18.4 Å². The third-order valence-corrected chi connectivity index (χ3v) is 5.75. The molecule has 22 heavy (non-hydrogen) atoms. The molecule has 2 N–H and O–H groups in total. The minimum absolute atomic E-state index is 0.194. The van der Waals surface area contributed by atoms with E-state index >= 15 is 0 Å². The van der Waals surface area contributed by atoms with E-state index in [1.54, 1.807) is 18.2 Å². The highest BCUT2D eigenvalue weighted by Gasteiger charge is 2.46. The van der Waals surface area contributed by atoms with Crippen LogP contribution in [0.5, 0.6) is 0 Å². The van der Waals surface area contributed by atoms with Crippen LogP contribution in [0.1, 0.15) is 28.1 Å². The molecule has 116 valence electrons. The second-order valence-electron chi connectivity index (χ2n) is 5.48. The first kappa shape index (κ1) is 16.0. The summed E-state index contributed by atoms with van der Waals surface area (Å²) in [6.07, 6.45) is 1.98. The Labute approximate surface area is 146 Å². The Kier molecular flexibility index (Phi) is 4.59. The number of amides is 1. The molecule has 3 nitrogen and oxygen atoms in total. The first-order valence-corrected chi connectivity index (χ1v) is 9.05. The first-order valence-electron chi connectivity index (χ1n) is 7.00. The lowest BCUT2D eigenvalue weighted by atomic mass is 9.95. The van der Waals surface area contributed by atoms with Crippen molar-refractivity contribution in [2.75, 3.05) is 6.54 Å². The molecule has 1 atom stereocenters. The summed E-state index contributed by atoms with van der Waals surface area (Å²) < 4.78 is 0.790. The number of hydrogen-bond acceptors (Lipinski definition) is 3. The molecule has 0 aliphatic heterocycles. The van der Waals surface area contributed by atoms with Gasteiger partial charge in [0.15, 0.2) is 0 Å². The van der Waals surface area contributed by atoms with Crippen molar-refractivity contribution in [3.63, 3.8) is 0 Å². The standard InChI is InChI=1S/C16H15BrClNO2S/c17-11-5-6-13(18)12(8-11)15(20)19-9-16(21,10-3-4-10)14-2-1-7-22-14/h1-2,5-8,10,21H,3-4,9H2,(H,19,20)/t16-/m1/s1. The summed E-state index contributed by atoms with van der Waals surface area (Å²) in [5.74, 6) is -0.0636. The molecule has 0 bridgehead atoms. The van der Waals surface area contributed by atoms with Crippen molar-refractivity contribution in [3.05, 3.63) is 55.6 Å². The van der Waals surface area contributed by atoms with Gasteiger partial charge in [0.2, 0.25) is 0 Å². The third-order valence-electron chi connectivity index (χ3n) is 3.89. The number of thiophene rings is 1. The zero-order valence-corrected chi connectivity index (χ0v) is 14.8. The van der Waals surface area contributed by atoms with Crippen LogP contribution in [0.4, 0.5) is 0 Å². The quantitative estimate of drug-likeness (QED) is 0.790. The van der Waals surface area contributed by atoms with Crippen molar-refractivity contribution in [1.29, 1.82) is 0 Å². The molecule has 2 aromatic rings. The lowest BCUT2D eigenvalue weighted by Crippen LogP contribution is -2.42. The maximum Gasteiger partial charge on any atom is 0.252 e. The van der Waals surface area contributed by atoms with E-state index < -0.39 is 5.60 Å². The van der Waals surface area contributed by atoms with Gasteiger partial charge in [-0.15, -0.1) is 11.3 Å². The van der Waals surface area contributed by atoms with E-state index in [1.807, 2.05) is 17.5 Å². The monoisotopic (exact) mass is 399 g/mol. The van der Waals surface area contributed by atoms with Gasteiger partial charge < -0.3 is 10.4 Å². The van der Waals surface area contributed by atoms with Crippen molar-refractivity contribution < 1.29 is 9.90 Å². The molecule has 6 heteroatoms. The van der Waals surface area contributed by atoms with Gasteiger partial charge in [0.05, 0.1) is 17.1 Å². The molecule has 0 radical (unpaired) electrons. The fourth-order valence-electron chi connectivity index (χ4n) is 2.50. The molecular formula is C16H15BrClNO2S. The Morgan fingerprint density at radius 1 is 1.45 bits per heavy atom. The number of nitrogens with one attached hydrogen (secondary N) is 1. The largest absolute Gasteiger partial charge is 0.382 e. The minimum atomic E-state index is -0.984. The number of carbonyl (C=O) groups excluding carboxylic acids is 1. The van der Waals surface area contributed by atoms with Crippen LogP contribution in [0.2, 0.25) is 5.02 Å². The lowest BCUT2D eigenvalue weighted by Gasteiger charge is -2.27. The molecule has 0 saturated heterocycles. The Bertz CT molecular complexity index is 687. The maximum absolute atomic E-state index is 12.4. The Morgan fingerprint density at radius 2 is 2.23 bits per heavy atom. The van der Waals surface area contributed by atoms with E-state index in [-0.39, 0.29) is 18.4 Å². The number of aliphatic hydroxyl groups is 1. The van der Waals surface area contributed by atoms with Crippen LogP contribution in [0.15, 0.2) is 40.2 Å². The summed E-state index contributed by atoms with van der Waals surface area (Å²) in [6, 6.07) is 8.97. The van der Waals surface area contributed by atoms with Gasteiger partial charge in [0.25, 0.3) is 5.91 Å². The smallest absolute Gasteiger partial charge is 0.252 e. The molecule has 1 heterocycles. The zero-order chi connectivity index (χ0) is 15.7. The Morgan fingerprint density at radius 3 is 2.86 bits per heavy atom. The number of carbonyl (C=O) groups is 1. The van der Waals surface area contributed by atoms with E-state index in [4.69, 9.17) is 11.6 Å². The van der Waals surface area contributed by atoms with Crippen LogP contribution in [-0.2, 0) is 5.60 Å². The minimum Gasteiger partial charge on any atom is -0.382 e. The number of rotatable bonds is 5. The van der Waals surface area contributed by atoms with Gasteiger partial charge in [-0.25, -0.2) is 0 Å². The van der Waals surface area contributed by atoms with E-state index in [2.05, 4.69) is 21.2 Å². The third kappa shape index (κ3) is 3.23. The molecular weight excluding hydrogens is 386 g/mol. The highest BCUT2D eigenvalue weighted by molar-refractivity contribution is 9.10. The molecule has 0 spiro atoms. The number of hydrogen-bond donors (Lipinski definition) is 2. The predicted octanol–water partition coefficient (Wildman–Crippen LogP) is 4.19. The van der Waals surface area contributed by atoms with Gasteiger partial charge in [0.1, 0.15) is 5.60 Å². The Balaban J connectivity index is 1.75. The first-order chi connectivity index (χ1) is 10.5. The molecule has 1 amide bonds. The second-order valence-corrected chi connectivity index (χ2v) is 7.75. The van der Waals surface area contributed by atoms with E-state index in [1.165, 1.54) is 11.3 Å². The molecule has 1 aromatic carbocycles. The van der Waals surface area contributed by atoms with Gasteiger partial charge in [0, 0.05) is 9.35 Å². The SMILES string of the molecule is O=C(NC[C@](O)(c1cccs1)C1CC1)c1cc(Br)ccc1Cl. The van der Waals surface area contributed by atoms with Crippen molar-refractivity contribution in [1.82, 2.24) is 5.32 Å². The molecule has 1 fully saturated rings. The van der Waals surface area contributed by atoms with E-state index in [0.29, 0.717) is 10.6 Å². The summed E-state index contributed by atoms with van der Waals surface area (Å²) >= 11 is 10.9. The molecule has 0 unspecified atom stereocenters. The van der Waals surface area contributed by atoms with Crippen LogP contribution in [0, 0.1) is 5.92 Å². The normalized spacial score (nSPS) is 17.0. The summed E-state index contributed by atoms with van der Waals surface area (Å²) in [5.41, 5.74) is -0.581. The molecule has 1 aliphatic carbocycles. The van der Waals surface area contributed by atoms with Crippen LogP contribution in [0.25, 0.3) is 0 Å².